The smallest absolute Gasteiger partial charge is 0.236 e. The van der Waals surface area contributed by atoms with E-state index in [-0.39, 0.29) is 23.8 Å². The molecule has 170 valence electrons. The van der Waals surface area contributed by atoms with Crippen LogP contribution in [-0.4, -0.2) is 62.0 Å². The SMILES string of the molecule is COc1cc2c(cc1OC)[C@@H](c1ccccc1)N(CC(=O)N1CCC[C@@H](C(N)=O)C1)CC2. The molecule has 0 bridgehead atoms. The van der Waals surface area contributed by atoms with Gasteiger partial charge in [-0.25, -0.2) is 0 Å². The molecule has 0 unspecified atom stereocenters. The van der Waals surface area contributed by atoms with Crippen LogP contribution in [0.2, 0.25) is 0 Å². The molecule has 2 aromatic rings. The van der Waals surface area contributed by atoms with E-state index in [4.69, 9.17) is 15.2 Å². The molecule has 2 atom stereocenters. The lowest BCUT2D eigenvalue weighted by Gasteiger charge is -2.39. The average Bonchev–Trinajstić information content (AvgIpc) is 2.83. The van der Waals surface area contributed by atoms with E-state index in [0.29, 0.717) is 31.1 Å². The van der Waals surface area contributed by atoms with Crippen molar-refractivity contribution in [1.29, 1.82) is 0 Å². The minimum Gasteiger partial charge on any atom is -0.493 e. The second-order valence-electron chi connectivity index (χ2n) is 8.52. The molecule has 2 N–H and O–H groups in total. The van der Waals surface area contributed by atoms with Crippen molar-refractivity contribution in [2.75, 3.05) is 40.4 Å². The van der Waals surface area contributed by atoms with E-state index in [1.807, 2.05) is 30.3 Å². The molecule has 0 spiro atoms. The topological polar surface area (TPSA) is 85.1 Å². The van der Waals surface area contributed by atoms with Crippen LogP contribution in [0, 0.1) is 5.92 Å². The Hall–Kier alpha value is -3.06. The molecular formula is C25H31N3O4. The normalized spacial score (nSPS) is 21.0. The van der Waals surface area contributed by atoms with Crippen LogP contribution in [0.1, 0.15) is 35.6 Å². The summed E-state index contributed by atoms with van der Waals surface area (Å²) < 4.78 is 11.1. The number of carbonyl (C=O) groups excluding carboxylic acids is 2. The van der Waals surface area contributed by atoms with Gasteiger partial charge in [-0.2, -0.15) is 0 Å². The summed E-state index contributed by atoms with van der Waals surface area (Å²) in [4.78, 5) is 28.9. The third kappa shape index (κ3) is 4.43. The quantitative estimate of drug-likeness (QED) is 0.750. The molecule has 2 aliphatic rings. The van der Waals surface area contributed by atoms with E-state index in [2.05, 4.69) is 17.0 Å². The molecule has 2 aromatic carbocycles. The zero-order valence-corrected chi connectivity index (χ0v) is 18.8. The van der Waals surface area contributed by atoms with Gasteiger partial charge in [-0.15, -0.1) is 0 Å². The first-order valence-electron chi connectivity index (χ1n) is 11.1. The zero-order chi connectivity index (χ0) is 22.7. The van der Waals surface area contributed by atoms with Gasteiger partial charge in [-0.1, -0.05) is 30.3 Å². The Morgan fingerprint density at radius 1 is 1.06 bits per heavy atom. The molecule has 2 aliphatic heterocycles. The second-order valence-corrected chi connectivity index (χ2v) is 8.52. The number of ether oxygens (including phenoxy) is 2. The highest BCUT2D eigenvalue weighted by Crippen LogP contribution is 2.41. The van der Waals surface area contributed by atoms with E-state index in [0.717, 1.165) is 36.9 Å². The maximum atomic E-state index is 13.2. The maximum absolute atomic E-state index is 13.2. The van der Waals surface area contributed by atoms with E-state index in [1.165, 1.54) is 5.56 Å². The third-order valence-electron chi connectivity index (χ3n) is 6.60. The maximum Gasteiger partial charge on any atom is 0.236 e. The summed E-state index contributed by atoms with van der Waals surface area (Å²) in [6.07, 6.45) is 2.38. The lowest BCUT2D eigenvalue weighted by molar-refractivity contribution is -0.136. The standard InChI is InChI=1S/C25H31N3O4/c1-31-21-13-18-10-12-28(16-23(29)27-11-6-9-19(15-27)25(26)30)24(17-7-4-3-5-8-17)20(18)14-22(21)32-2/h3-5,7-8,13-14,19,24H,6,9-12,15-16H2,1-2H3,(H2,26,30)/t19-,24-/m1/s1. The summed E-state index contributed by atoms with van der Waals surface area (Å²) in [7, 11) is 3.28. The molecule has 2 heterocycles. The highest BCUT2D eigenvalue weighted by atomic mass is 16.5. The number of amides is 2. The predicted octanol–water partition coefficient (Wildman–Crippen LogP) is 2.38. The molecular weight excluding hydrogens is 406 g/mol. The van der Waals surface area contributed by atoms with Gasteiger partial charge in [-0.3, -0.25) is 14.5 Å². The molecule has 0 saturated carbocycles. The van der Waals surface area contributed by atoms with E-state index >= 15 is 0 Å². The van der Waals surface area contributed by atoms with Crippen LogP contribution in [-0.2, 0) is 16.0 Å². The zero-order valence-electron chi connectivity index (χ0n) is 18.8. The average molecular weight is 438 g/mol. The van der Waals surface area contributed by atoms with Crippen LogP contribution < -0.4 is 15.2 Å². The number of methoxy groups -OCH3 is 2. The Labute approximate surface area is 189 Å². The number of nitrogens with two attached hydrogens (primary N) is 1. The first-order chi connectivity index (χ1) is 15.5. The van der Waals surface area contributed by atoms with E-state index < -0.39 is 0 Å². The molecule has 1 saturated heterocycles. The fourth-order valence-electron chi connectivity index (χ4n) is 4.90. The molecule has 1 fully saturated rings. The van der Waals surface area contributed by atoms with Gasteiger partial charge in [-0.05, 0) is 48.1 Å². The van der Waals surface area contributed by atoms with Crippen LogP contribution in [0.15, 0.2) is 42.5 Å². The molecule has 4 rings (SSSR count). The van der Waals surface area contributed by atoms with E-state index in [1.54, 1.807) is 19.1 Å². The lowest BCUT2D eigenvalue weighted by Crippen LogP contribution is -2.49. The van der Waals surface area contributed by atoms with Crippen molar-refractivity contribution >= 4 is 11.8 Å². The first kappa shape index (κ1) is 22.1. The van der Waals surface area contributed by atoms with Gasteiger partial charge in [0.05, 0.1) is 32.7 Å². The Morgan fingerprint density at radius 3 is 2.47 bits per heavy atom. The Balaban J connectivity index is 1.64. The summed E-state index contributed by atoms with van der Waals surface area (Å²) in [5, 5.41) is 0. The molecule has 0 aliphatic carbocycles. The fourth-order valence-corrected chi connectivity index (χ4v) is 4.90. The molecule has 0 aromatic heterocycles. The summed E-state index contributed by atoms with van der Waals surface area (Å²) in [6, 6.07) is 14.2. The van der Waals surface area contributed by atoms with Crippen molar-refractivity contribution in [3.63, 3.8) is 0 Å². The van der Waals surface area contributed by atoms with Crippen molar-refractivity contribution in [1.82, 2.24) is 9.80 Å². The van der Waals surface area contributed by atoms with Crippen LogP contribution >= 0.6 is 0 Å². The van der Waals surface area contributed by atoms with Crippen molar-refractivity contribution in [3.05, 3.63) is 59.2 Å². The van der Waals surface area contributed by atoms with Gasteiger partial charge in [0.25, 0.3) is 0 Å². The van der Waals surface area contributed by atoms with Gasteiger partial charge < -0.3 is 20.1 Å². The molecule has 2 amide bonds. The number of hydrogen-bond donors (Lipinski definition) is 1. The number of likely N-dealkylation sites (tertiary alicyclic amines) is 1. The number of benzene rings is 2. The lowest BCUT2D eigenvalue weighted by atomic mass is 9.87. The minimum absolute atomic E-state index is 0.0424. The molecule has 0 radical (unpaired) electrons. The fraction of sp³-hybridized carbons (Fsp3) is 0.440. The predicted molar refractivity (Wildman–Crippen MR) is 122 cm³/mol. The number of piperidine rings is 1. The highest BCUT2D eigenvalue weighted by Gasteiger charge is 2.34. The summed E-state index contributed by atoms with van der Waals surface area (Å²) in [5.74, 6) is 0.865. The Bertz CT molecular complexity index is 979. The molecule has 7 nitrogen and oxygen atoms in total. The van der Waals surface area contributed by atoms with E-state index in [9.17, 15) is 9.59 Å². The number of nitrogens with zero attached hydrogens (tertiary/aromatic N) is 2. The highest BCUT2D eigenvalue weighted by molar-refractivity contribution is 5.81. The van der Waals surface area contributed by atoms with Crippen LogP contribution in [0.25, 0.3) is 0 Å². The minimum atomic E-state index is -0.322. The van der Waals surface area contributed by atoms with Gasteiger partial charge in [0.15, 0.2) is 11.5 Å². The van der Waals surface area contributed by atoms with Crippen LogP contribution in [0.4, 0.5) is 0 Å². The van der Waals surface area contributed by atoms with Gasteiger partial charge in [0, 0.05) is 19.6 Å². The number of hydrogen-bond acceptors (Lipinski definition) is 5. The van der Waals surface area contributed by atoms with Crippen molar-refractivity contribution in [2.24, 2.45) is 11.7 Å². The second kappa shape index (κ2) is 9.61. The van der Waals surface area contributed by atoms with Crippen molar-refractivity contribution in [2.45, 2.75) is 25.3 Å². The van der Waals surface area contributed by atoms with Gasteiger partial charge in [0.1, 0.15) is 0 Å². The Kier molecular flexibility index (Phi) is 6.65. The largest absolute Gasteiger partial charge is 0.493 e. The van der Waals surface area contributed by atoms with Gasteiger partial charge >= 0.3 is 0 Å². The third-order valence-corrected chi connectivity index (χ3v) is 6.60. The number of primary amides is 1. The Morgan fingerprint density at radius 2 is 1.78 bits per heavy atom. The molecule has 7 heteroatoms. The first-order valence-corrected chi connectivity index (χ1v) is 11.1. The number of carbonyl (C=O) groups is 2. The van der Waals surface area contributed by atoms with Crippen molar-refractivity contribution in [3.8, 4) is 11.5 Å². The summed E-state index contributed by atoms with van der Waals surface area (Å²) >= 11 is 0. The van der Waals surface area contributed by atoms with Crippen LogP contribution in [0.5, 0.6) is 11.5 Å². The van der Waals surface area contributed by atoms with Gasteiger partial charge in [0.2, 0.25) is 11.8 Å². The van der Waals surface area contributed by atoms with Crippen LogP contribution in [0.3, 0.4) is 0 Å². The number of fused-ring (bicyclic) bond motifs is 1. The summed E-state index contributed by atoms with van der Waals surface area (Å²) in [5.41, 5.74) is 8.96. The number of rotatable bonds is 6. The summed E-state index contributed by atoms with van der Waals surface area (Å²) in [6.45, 7) is 2.13. The monoisotopic (exact) mass is 437 g/mol. The van der Waals surface area contributed by atoms with Crippen molar-refractivity contribution < 1.29 is 19.1 Å². The molecule has 32 heavy (non-hydrogen) atoms.